The Morgan fingerprint density at radius 3 is 2.36 bits per heavy atom. The molecule has 1 N–H and O–H groups in total. The molecule has 0 radical (unpaired) electrons. The van der Waals surface area contributed by atoms with Crippen LogP contribution in [0.25, 0.3) is 0 Å². The van der Waals surface area contributed by atoms with E-state index >= 15 is 0 Å². The summed E-state index contributed by atoms with van der Waals surface area (Å²) in [6.07, 6.45) is 1.57. The summed E-state index contributed by atoms with van der Waals surface area (Å²) in [4.78, 5) is 14.4. The Morgan fingerprint density at radius 2 is 1.75 bits per heavy atom. The lowest BCUT2D eigenvalue weighted by molar-refractivity contribution is 0.195. The molecule has 0 aliphatic rings. The number of methoxy groups -OCH3 is 2. The molecule has 0 saturated carbocycles. The SMILES string of the molecule is CCCN(Cc1ccc(C#N)cc1)C(=O)NCCc1ccc(OC)c(OC)c1. The first-order chi connectivity index (χ1) is 13.6. The Bertz CT molecular complexity index is 813. The molecule has 148 valence electrons. The first-order valence-corrected chi connectivity index (χ1v) is 9.34. The van der Waals surface area contributed by atoms with Crippen LogP contribution in [0.4, 0.5) is 4.79 Å². The quantitative estimate of drug-likeness (QED) is 0.718. The molecule has 0 unspecified atom stereocenters. The minimum Gasteiger partial charge on any atom is -0.493 e. The highest BCUT2D eigenvalue weighted by Crippen LogP contribution is 2.27. The third-order valence-corrected chi connectivity index (χ3v) is 4.38. The van der Waals surface area contributed by atoms with Crippen LogP contribution >= 0.6 is 0 Å². The molecule has 0 heterocycles. The normalized spacial score (nSPS) is 10.1. The van der Waals surface area contributed by atoms with Gasteiger partial charge in [-0.25, -0.2) is 4.79 Å². The van der Waals surface area contributed by atoms with Gasteiger partial charge in [-0.2, -0.15) is 5.26 Å². The van der Waals surface area contributed by atoms with E-state index in [0.29, 0.717) is 43.1 Å². The number of hydrogen-bond acceptors (Lipinski definition) is 4. The van der Waals surface area contributed by atoms with Gasteiger partial charge in [0, 0.05) is 19.6 Å². The summed E-state index contributed by atoms with van der Waals surface area (Å²) in [5.74, 6) is 1.37. The van der Waals surface area contributed by atoms with Crippen molar-refractivity contribution in [2.24, 2.45) is 0 Å². The Morgan fingerprint density at radius 1 is 1.07 bits per heavy atom. The highest BCUT2D eigenvalue weighted by molar-refractivity contribution is 5.74. The van der Waals surface area contributed by atoms with Crippen LogP contribution in [0.2, 0.25) is 0 Å². The van der Waals surface area contributed by atoms with Gasteiger partial charge in [0.05, 0.1) is 25.9 Å². The summed E-state index contributed by atoms with van der Waals surface area (Å²) >= 11 is 0. The minimum absolute atomic E-state index is 0.0910. The second kappa shape index (κ2) is 10.8. The van der Waals surface area contributed by atoms with Crippen molar-refractivity contribution in [2.45, 2.75) is 26.3 Å². The monoisotopic (exact) mass is 381 g/mol. The molecule has 0 fully saturated rings. The van der Waals surface area contributed by atoms with Crippen molar-refractivity contribution >= 4 is 6.03 Å². The first kappa shape index (κ1) is 21.1. The van der Waals surface area contributed by atoms with Gasteiger partial charge in [0.15, 0.2) is 11.5 Å². The van der Waals surface area contributed by atoms with Gasteiger partial charge in [-0.1, -0.05) is 25.1 Å². The molecular weight excluding hydrogens is 354 g/mol. The van der Waals surface area contributed by atoms with E-state index in [4.69, 9.17) is 14.7 Å². The zero-order valence-corrected chi connectivity index (χ0v) is 16.7. The first-order valence-electron chi connectivity index (χ1n) is 9.34. The van der Waals surface area contributed by atoms with Crippen molar-refractivity contribution in [1.82, 2.24) is 10.2 Å². The Balaban J connectivity index is 1.92. The molecule has 0 aliphatic heterocycles. The molecular formula is C22H27N3O3. The summed E-state index contributed by atoms with van der Waals surface area (Å²) in [6, 6.07) is 15.1. The smallest absolute Gasteiger partial charge is 0.317 e. The average Bonchev–Trinajstić information content (AvgIpc) is 2.73. The maximum atomic E-state index is 12.6. The maximum Gasteiger partial charge on any atom is 0.317 e. The fourth-order valence-electron chi connectivity index (χ4n) is 2.89. The number of nitrogens with one attached hydrogen (secondary N) is 1. The third kappa shape index (κ3) is 5.92. The molecule has 0 saturated heterocycles. The maximum absolute atomic E-state index is 12.6. The number of hydrogen-bond donors (Lipinski definition) is 1. The summed E-state index contributed by atoms with van der Waals surface area (Å²) in [5.41, 5.74) is 2.68. The van der Waals surface area contributed by atoms with Crippen LogP contribution in [-0.2, 0) is 13.0 Å². The molecule has 0 spiro atoms. The van der Waals surface area contributed by atoms with Crippen LogP contribution in [0.3, 0.4) is 0 Å². The van der Waals surface area contributed by atoms with Gasteiger partial charge in [-0.05, 0) is 48.2 Å². The van der Waals surface area contributed by atoms with E-state index in [9.17, 15) is 4.79 Å². The number of urea groups is 1. The molecule has 0 aromatic heterocycles. The molecule has 0 aliphatic carbocycles. The van der Waals surface area contributed by atoms with E-state index in [1.165, 1.54) is 0 Å². The molecule has 2 rings (SSSR count). The lowest BCUT2D eigenvalue weighted by atomic mass is 10.1. The number of benzene rings is 2. The summed E-state index contributed by atoms with van der Waals surface area (Å²) < 4.78 is 10.6. The van der Waals surface area contributed by atoms with Crippen LogP contribution in [0, 0.1) is 11.3 Å². The van der Waals surface area contributed by atoms with Crippen LogP contribution < -0.4 is 14.8 Å². The predicted molar refractivity (Wildman–Crippen MR) is 109 cm³/mol. The van der Waals surface area contributed by atoms with Gasteiger partial charge in [0.1, 0.15) is 0 Å². The van der Waals surface area contributed by atoms with E-state index in [-0.39, 0.29) is 6.03 Å². The van der Waals surface area contributed by atoms with E-state index in [1.807, 2.05) is 37.3 Å². The molecule has 2 amide bonds. The van der Waals surface area contributed by atoms with Gasteiger partial charge in [0.2, 0.25) is 0 Å². The second-order valence-corrected chi connectivity index (χ2v) is 6.40. The Hall–Kier alpha value is -3.20. The molecule has 28 heavy (non-hydrogen) atoms. The largest absolute Gasteiger partial charge is 0.493 e. The van der Waals surface area contributed by atoms with Crippen molar-refractivity contribution < 1.29 is 14.3 Å². The second-order valence-electron chi connectivity index (χ2n) is 6.40. The zero-order valence-electron chi connectivity index (χ0n) is 16.7. The average molecular weight is 381 g/mol. The van der Waals surface area contributed by atoms with Crippen molar-refractivity contribution in [3.8, 4) is 17.6 Å². The number of nitrogens with zero attached hydrogens (tertiary/aromatic N) is 2. The van der Waals surface area contributed by atoms with Gasteiger partial charge in [-0.15, -0.1) is 0 Å². The number of amides is 2. The molecule has 2 aromatic carbocycles. The lowest BCUT2D eigenvalue weighted by Gasteiger charge is -2.23. The zero-order chi connectivity index (χ0) is 20.4. The molecule has 2 aromatic rings. The van der Waals surface area contributed by atoms with Crippen molar-refractivity contribution in [3.63, 3.8) is 0 Å². The van der Waals surface area contributed by atoms with E-state index in [1.54, 1.807) is 31.3 Å². The minimum atomic E-state index is -0.0910. The number of nitriles is 1. The fourth-order valence-corrected chi connectivity index (χ4v) is 2.89. The summed E-state index contributed by atoms with van der Waals surface area (Å²) in [7, 11) is 3.21. The van der Waals surface area contributed by atoms with Gasteiger partial charge >= 0.3 is 6.03 Å². The lowest BCUT2D eigenvalue weighted by Crippen LogP contribution is -2.40. The standard InChI is InChI=1S/C22H27N3O3/c1-4-13-25(16-19-7-5-18(15-23)6-8-19)22(26)24-12-11-17-9-10-20(27-2)21(14-17)28-3/h5-10,14H,4,11-13,16H2,1-3H3,(H,24,26). The van der Waals surface area contributed by atoms with Crippen molar-refractivity contribution in [2.75, 3.05) is 27.3 Å². The molecule has 0 bridgehead atoms. The van der Waals surface area contributed by atoms with Crippen molar-refractivity contribution in [3.05, 3.63) is 59.2 Å². The number of rotatable bonds is 9. The van der Waals surface area contributed by atoms with Crippen LogP contribution in [0.1, 0.15) is 30.0 Å². The summed E-state index contributed by atoms with van der Waals surface area (Å²) in [5, 5.41) is 11.9. The van der Waals surface area contributed by atoms with Gasteiger partial charge < -0.3 is 19.7 Å². The van der Waals surface area contributed by atoms with Crippen LogP contribution in [0.5, 0.6) is 11.5 Å². The van der Waals surface area contributed by atoms with E-state index in [0.717, 1.165) is 17.5 Å². The van der Waals surface area contributed by atoms with Crippen LogP contribution in [0.15, 0.2) is 42.5 Å². The van der Waals surface area contributed by atoms with Gasteiger partial charge in [-0.3, -0.25) is 0 Å². The number of carbonyl (C=O) groups excluding carboxylic acids is 1. The number of carbonyl (C=O) groups is 1. The Labute approximate surface area is 166 Å². The van der Waals surface area contributed by atoms with Gasteiger partial charge in [0.25, 0.3) is 0 Å². The van der Waals surface area contributed by atoms with Crippen molar-refractivity contribution in [1.29, 1.82) is 5.26 Å². The summed E-state index contributed by atoms with van der Waals surface area (Å²) in [6.45, 7) is 3.76. The fraction of sp³-hybridized carbons (Fsp3) is 0.364. The van der Waals surface area contributed by atoms with Crippen LogP contribution in [-0.4, -0.2) is 38.2 Å². The third-order valence-electron chi connectivity index (χ3n) is 4.38. The predicted octanol–water partition coefficient (Wildman–Crippen LogP) is 3.74. The highest BCUT2D eigenvalue weighted by Gasteiger charge is 2.13. The molecule has 6 heteroatoms. The van der Waals surface area contributed by atoms with E-state index < -0.39 is 0 Å². The highest BCUT2D eigenvalue weighted by atomic mass is 16.5. The van der Waals surface area contributed by atoms with E-state index in [2.05, 4.69) is 11.4 Å². The topological polar surface area (TPSA) is 74.6 Å². The number of ether oxygens (including phenoxy) is 2. The Kier molecular flexibility index (Phi) is 8.16. The molecule has 0 atom stereocenters. The molecule has 6 nitrogen and oxygen atoms in total.